The van der Waals surface area contributed by atoms with Crippen LogP contribution in [-0.2, 0) is 0 Å². The number of carbonyl (C=O) groups excluding carboxylic acids is 1. The molecule has 0 spiro atoms. The molecule has 2 bridgehead atoms. The molecule has 78 valence electrons. The van der Waals surface area contributed by atoms with Crippen LogP contribution in [0.25, 0.3) is 0 Å². The van der Waals surface area contributed by atoms with Crippen LogP contribution >= 0.6 is 11.3 Å². The Hall–Kier alpha value is -1.09. The van der Waals surface area contributed by atoms with Crippen LogP contribution in [0.4, 0.5) is 0 Å². The molecule has 2 aliphatic heterocycles. The molecule has 1 saturated heterocycles. The van der Waals surface area contributed by atoms with Crippen molar-refractivity contribution in [2.75, 3.05) is 0 Å². The molecule has 15 heavy (non-hydrogen) atoms. The molecule has 0 aromatic carbocycles. The van der Waals surface area contributed by atoms with Gasteiger partial charge in [0, 0.05) is 6.04 Å². The topological polar surface area (TPSA) is 20.3 Å². The lowest BCUT2D eigenvalue weighted by Crippen LogP contribution is -2.41. The summed E-state index contributed by atoms with van der Waals surface area (Å²) in [4.78, 5) is 15.2. The van der Waals surface area contributed by atoms with Gasteiger partial charge in [-0.15, -0.1) is 11.3 Å². The van der Waals surface area contributed by atoms with Crippen LogP contribution in [0, 0.1) is 0 Å². The SMILES string of the molecule is O=C(c1cccs1)N1C2C=CCC1CC2. The van der Waals surface area contributed by atoms with Gasteiger partial charge in [-0.05, 0) is 30.7 Å². The molecule has 2 atom stereocenters. The van der Waals surface area contributed by atoms with Crippen LogP contribution in [0.2, 0.25) is 0 Å². The number of nitrogens with zero attached hydrogens (tertiary/aromatic N) is 1. The highest BCUT2D eigenvalue weighted by atomic mass is 32.1. The molecule has 0 aliphatic carbocycles. The van der Waals surface area contributed by atoms with E-state index in [0.717, 1.165) is 24.1 Å². The van der Waals surface area contributed by atoms with Gasteiger partial charge in [-0.25, -0.2) is 0 Å². The number of fused-ring (bicyclic) bond motifs is 2. The Labute approximate surface area is 93.2 Å². The van der Waals surface area contributed by atoms with Gasteiger partial charge in [0.05, 0.1) is 10.9 Å². The Bertz CT molecular complexity index is 396. The second-order valence-electron chi connectivity index (χ2n) is 4.15. The number of hydrogen-bond donors (Lipinski definition) is 0. The monoisotopic (exact) mass is 219 g/mol. The Morgan fingerprint density at radius 3 is 3.13 bits per heavy atom. The maximum atomic E-state index is 12.2. The second kappa shape index (κ2) is 3.49. The maximum Gasteiger partial charge on any atom is 0.264 e. The molecule has 2 unspecified atom stereocenters. The molecule has 3 rings (SSSR count). The van der Waals surface area contributed by atoms with Gasteiger partial charge in [0.2, 0.25) is 0 Å². The molecule has 1 amide bonds. The van der Waals surface area contributed by atoms with E-state index >= 15 is 0 Å². The summed E-state index contributed by atoms with van der Waals surface area (Å²) in [6.45, 7) is 0. The van der Waals surface area contributed by atoms with Crippen molar-refractivity contribution in [1.82, 2.24) is 4.90 Å². The lowest BCUT2D eigenvalue weighted by Gasteiger charge is -2.31. The van der Waals surface area contributed by atoms with E-state index in [1.54, 1.807) is 11.3 Å². The highest BCUT2D eigenvalue weighted by molar-refractivity contribution is 7.12. The summed E-state index contributed by atoms with van der Waals surface area (Å²) in [5, 5.41) is 1.97. The first-order valence-electron chi connectivity index (χ1n) is 5.39. The number of thiophene rings is 1. The van der Waals surface area contributed by atoms with Crippen molar-refractivity contribution in [3.8, 4) is 0 Å². The van der Waals surface area contributed by atoms with Crippen molar-refractivity contribution in [2.45, 2.75) is 31.3 Å². The van der Waals surface area contributed by atoms with Crippen LogP contribution in [0.1, 0.15) is 28.9 Å². The average molecular weight is 219 g/mol. The molecule has 0 N–H and O–H groups in total. The number of rotatable bonds is 1. The van der Waals surface area contributed by atoms with Crippen molar-refractivity contribution >= 4 is 17.2 Å². The number of hydrogen-bond acceptors (Lipinski definition) is 2. The molecule has 2 nitrogen and oxygen atoms in total. The van der Waals surface area contributed by atoms with E-state index in [2.05, 4.69) is 17.1 Å². The summed E-state index contributed by atoms with van der Waals surface area (Å²) in [6.07, 6.45) is 7.75. The summed E-state index contributed by atoms with van der Waals surface area (Å²) in [7, 11) is 0. The van der Waals surface area contributed by atoms with Crippen LogP contribution in [0.5, 0.6) is 0 Å². The Kier molecular flexibility index (Phi) is 2.13. The van der Waals surface area contributed by atoms with Gasteiger partial charge in [0.15, 0.2) is 0 Å². The van der Waals surface area contributed by atoms with E-state index in [0.29, 0.717) is 12.1 Å². The fourth-order valence-corrected chi connectivity index (χ4v) is 3.24. The van der Waals surface area contributed by atoms with Gasteiger partial charge in [-0.2, -0.15) is 0 Å². The van der Waals surface area contributed by atoms with Gasteiger partial charge in [-0.3, -0.25) is 4.79 Å². The summed E-state index contributed by atoms with van der Waals surface area (Å²) in [5.74, 6) is 0.224. The van der Waals surface area contributed by atoms with E-state index < -0.39 is 0 Å². The first kappa shape index (κ1) is 9.16. The van der Waals surface area contributed by atoms with E-state index in [1.165, 1.54) is 0 Å². The molecular weight excluding hydrogens is 206 g/mol. The summed E-state index contributed by atoms with van der Waals surface area (Å²) in [6, 6.07) is 4.68. The molecule has 1 fully saturated rings. The van der Waals surface area contributed by atoms with Crippen molar-refractivity contribution in [1.29, 1.82) is 0 Å². The van der Waals surface area contributed by atoms with Crippen molar-refractivity contribution in [3.63, 3.8) is 0 Å². The van der Waals surface area contributed by atoms with Gasteiger partial charge in [0.25, 0.3) is 5.91 Å². The number of amides is 1. The zero-order chi connectivity index (χ0) is 10.3. The van der Waals surface area contributed by atoms with Crippen molar-refractivity contribution in [3.05, 3.63) is 34.5 Å². The van der Waals surface area contributed by atoms with E-state index in [9.17, 15) is 4.79 Å². The molecule has 1 aromatic heterocycles. The van der Waals surface area contributed by atoms with Crippen molar-refractivity contribution in [2.24, 2.45) is 0 Å². The summed E-state index contributed by atoms with van der Waals surface area (Å²) in [5.41, 5.74) is 0. The highest BCUT2D eigenvalue weighted by Gasteiger charge is 2.37. The van der Waals surface area contributed by atoms with Gasteiger partial charge < -0.3 is 4.90 Å². The van der Waals surface area contributed by atoms with Gasteiger partial charge >= 0.3 is 0 Å². The Morgan fingerprint density at radius 2 is 2.40 bits per heavy atom. The van der Waals surface area contributed by atoms with Crippen LogP contribution in [0.3, 0.4) is 0 Å². The van der Waals surface area contributed by atoms with Crippen LogP contribution in [-0.4, -0.2) is 22.9 Å². The van der Waals surface area contributed by atoms with Crippen molar-refractivity contribution < 1.29 is 4.79 Å². The van der Waals surface area contributed by atoms with E-state index in [1.807, 2.05) is 17.5 Å². The Balaban J connectivity index is 1.89. The molecule has 1 aromatic rings. The second-order valence-corrected chi connectivity index (χ2v) is 5.10. The van der Waals surface area contributed by atoms with E-state index in [4.69, 9.17) is 0 Å². The fraction of sp³-hybridized carbons (Fsp3) is 0.417. The largest absolute Gasteiger partial charge is 0.328 e. The minimum absolute atomic E-state index is 0.224. The smallest absolute Gasteiger partial charge is 0.264 e. The zero-order valence-electron chi connectivity index (χ0n) is 8.43. The first-order chi connectivity index (χ1) is 7.36. The molecule has 0 radical (unpaired) electrons. The van der Waals surface area contributed by atoms with E-state index in [-0.39, 0.29) is 5.91 Å². The first-order valence-corrected chi connectivity index (χ1v) is 6.27. The van der Waals surface area contributed by atoms with Gasteiger partial charge in [-0.1, -0.05) is 18.2 Å². The molecule has 2 aliphatic rings. The molecule has 0 saturated carbocycles. The third-order valence-electron chi connectivity index (χ3n) is 3.28. The normalized spacial score (nSPS) is 28.4. The van der Waals surface area contributed by atoms with Crippen LogP contribution < -0.4 is 0 Å². The quantitative estimate of drug-likeness (QED) is 0.665. The minimum atomic E-state index is 0.224. The summed E-state index contributed by atoms with van der Waals surface area (Å²) >= 11 is 1.54. The highest BCUT2D eigenvalue weighted by Crippen LogP contribution is 2.33. The third-order valence-corrected chi connectivity index (χ3v) is 4.14. The van der Waals surface area contributed by atoms with Gasteiger partial charge in [0.1, 0.15) is 0 Å². The maximum absolute atomic E-state index is 12.2. The predicted octanol–water partition coefficient (Wildman–Crippen LogP) is 2.68. The molecular formula is C12H13NOS. The third kappa shape index (κ3) is 1.42. The molecule has 3 heterocycles. The lowest BCUT2D eigenvalue weighted by atomic mass is 10.1. The summed E-state index contributed by atoms with van der Waals surface area (Å²) < 4.78 is 0. The Morgan fingerprint density at radius 1 is 1.47 bits per heavy atom. The van der Waals surface area contributed by atoms with Crippen LogP contribution in [0.15, 0.2) is 29.7 Å². The lowest BCUT2D eigenvalue weighted by molar-refractivity contribution is 0.0694. The zero-order valence-corrected chi connectivity index (χ0v) is 9.24. The average Bonchev–Trinajstić information content (AvgIpc) is 2.85. The predicted molar refractivity (Wildman–Crippen MR) is 61.1 cm³/mol. The number of carbonyl (C=O) groups is 1. The standard InChI is InChI=1S/C12H13NOS/c14-12(11-5-2-8-15-11)13-9-3-1-4-10(13)7-6-9/h1-3,5,8-10H,4,6-7H2. The molecule has 3 heteroatoms. The fourth-order valence-electron chi connectivity index (χ4n) is 2.57. The minimum Gasteiger partial charge on any atom is -0.328 e.